The molecule has 3 rings (SSSR count). The van der Waals surface area contributed by atoms with Crippen molar-refractivity contribution in [2.45, 2.75) is 18.2 Å². The van der Waals surface area contributed by atoms with E-state index in [-0.39, 0.29) is 5.69 Å². The number of aromatic nitrogens is 3. The first-order valence-corrected chi connectivity index (χ1v) is 7.48. The van der Waals surface area contributed by atoms with Crippen LogP contribution in [-0.4, -0.2) is 26.2 Å². The zero-order valence-corrected chi connectivity index (χ0v) is 12.7. The molecule has 126 valence electrons. The molecule has 2 heterocycles. The quantitative estimate of drug-likeness (QED) is 0.664. The second-order valence-electron chi connectivity index (χ2n) is 5.13. The first-order chi connectivity index (χ1) is 11.2. The van der Waals surface area contributed by atoms with E-state index in [2.05, 4.69) is 9.97 Å². The minimum Gasteiger partial charge on any atom is -0.374 e. The van der Waals surface area contributed by atoms with Crippen LogP contribution in [0.2, 0.25) is 0 Å². The fourth-order valence-electron chi connectivity index (χ4n) is 2.24. The zero-order chi connectivity index (χ0) is 17.5. The molecule has 1 atom stereocenters. The van der Waals surface area contributed by atoms with Gasteiger partial charge in [0, 0.05) is 18.2 Å². The number of benzene rings is 1. The monoisotopic (exact) mass is 357 g/mol. The van der Waals surface area contributed by atoms with Gasteiger partial charge in [0.2, 0.25) is 5.60 Å². The van der Waals surface area contributed by atoms with Crippen molar-refractivity contribution in [2.75, 3.05) is 0 Å². The molecule has 0 fully saturated rings. The van der Waals surface area contributed by atoms with Crippen LogP contribution in [-0.2, 0) is 12.0 Å². The van der Waals surface area contributed by atoms with Crippen LogP contribution in [0.1, 0.15) is 10.7 Å². The highest BCUT2D eigenvalue weighted by molar-refractivity contribution is 7.18. The topological polar surface area (TPSA) is 98.8 Å². The number of para-hydroxylation sites is 1. The van der Waals surface area contributed by atoms with Crippen LogP contribution in [0.15, 0.2) is 39.9 Å². The molecule has 2 aromatic heterocycles. The molecule has 0 aliphatic rings. The molecule has 10 heteroatoms. The Labute approximate surface area is 135 Å². The number of alkyl halides is 3. The van der Waals surface area contributed by atoms with Crippen LogP contribution >= 0.6 is 11.3 Å². The minimum atomic E-state index is -5.06. The highest BCUT2D eigenvalue weighted by Crippen LogP contribution is 2.43. The minimum absolute atomic E-state index is 0.319. The lowest BCUT2D eigenvalue weighted by atomic mass is 9.97. The number of halogens is 3. The second kappa shape index (κ2) is 5.56. The van der Waals surface area contributed by atoms with E-state index >= 15 is 0 Å². The third kappa shape index (κ3) is 2.85. The maximum Gasteiger partial charge on any atom is 0.424 e. The van der Waals surface area contributed by atoms with E-state index in [1.807, 2.05) is 4.98 Å². The van der Waals surface area contributed by atoms with Gasteiger partial charge in [0.1, 0.15) is 5.01 Å². The summed E-state index contributed by atoms with van der Waals surface area (Å²) in [5, 5.41) is 9.79. The molecule has 1 aromatic carbocycles. The standard InChI is InChI=1S/C14H10F3N3O3S/c15-14(16,17)13(23,6-7-5-10(21)20-12(22)18-7)11-19-8-3-1-2-4-9(8)24-11/h1-5,23H,6H2,(H2,18,20,21,22)/t13-/m0/s1. The van der Waals surface area contributed by atoms with Crippen molar-refractivity contribution in [1.82, 2.24) is 15.0 Å². The molecule has 0 bridgehead atoms. The Hall–Kier alpha value is -2.46. The van der Waals surface area contributed by atoms with Gasteiger partial charge in [-0.3, -0.25) is 9.78 Å². The van der Waals surface area contributed by atoms with Crippen LogP contribution in [0, 0.1) is 0 Å². The molecule has 0 aliphatic heterocycles. The fraction of sp³-hybridized carbons (Fsp3) is 0.214. The number of rotatable bonds is 3. The Morgan fingerprint density at radius 2 is 1.88 bits per heavy atom. The number of fused-ring (bicyclic) bond motifs is 1. The molecular formula is C14H10F3N3O3S. The summed E-state index contributed by atoms with van der Waals surface area (Å²) < 4.78 is 41.1. The number of aromatic amines is 2. The summed E-state index contributed by atoms with van der Waals surface area (Å²) in [6, 6.07) is 7.17. The van der Waals surface area contributed by atoms with Gasteiger partial charge in [-0.15, -0.1) is 11.3 Å². The number of hydrogen-bond acceptors (Lipinski definition) is 5. The normalized spacial score (nSPS) is 14.7. The van der Waals surface area contributed by atoms with E-state index in [1.54, 1.807) is 18.2 Å². The first-order valence-electron chi connectivity index (χ1n) is 6.67. The van der Waals surface area contributed by atoms with Gasteiger partial charge in [-0.25, -0.2) is 9.78 Å². The van der Waals surface area contributed by atoms with Gasteiger partial charge in [0.05, 0.1) is 10.2 Å². The molecule has 0 saturated heterocycles. The summed E-state index contributed by atoms with van der Waals surface area (Å²) >= 11 is 0.700. The molecule has 0 radical (unpaired) electrons. The summed E-state index contributed by atoms with van der Waals surface area (Å²) in [5.74, 6) is 0. The van der Waals surface area contributed by atoms with E-state index in [4.69, 9.17) is 0 Å². The molecule has 24 heavy (non-hydrogen) atoms. The van der Waals surface area contributed by atoms with Crippen LogP contribution in [0.5, 0.6) is 0 Å². The number of hydrogen-bond donors (Lipinski definition) is 3. The molecule has 3 aromatic rings. The van der Waals surface area contributed by atoms with Crippen molar-refractivity contribution in [2.24, 2.45) is 0 Å². The number of nitrogens with zero attached hydrogens (tertiary/aromatic N) is 1. The lowest BCUT2D eigenvalue weighted by Gasteiger charge is -2.28. The number of nitrogens with one attached hydrogen (secondary N) is 2. The zero-order valence-electron chi connectivity index (χ0n) is 11.8. The fourth-order valence-corrected chi connectivity index (χ4v) is 3.31. The average molecular weight is 357 g/mol. The van der Waals surface area contributed by atoms with Gasteiger partial charge in [0.15, 0.2) is 0 Å². The lowest BCUT2D eigenvalue weighted by molar-refractivity contribution is -0.266. The average Bonchev–Trinajstić information content (AvgIpc) is 2.89. The second-order valence-corrected chi connectivity index (χ2v) is 6.17. The van der Waals surface area contributed by atoms with Gasteiger partial charge in [-0.1, -0.05) is 12.1 Å². The Bertz CT molecular complexity index is 946. The number of H-pyrrole nitrogens is 2. The van der Waals surface area contributed by atoms with Crippen molar-refractivity contribution in [3.05, 3.63) is 61.9 Å². The predicted molar refractivity (Wildman–Crippen MR) is 81.0 cm³/mol. The van der Waals surface area contributed by atoms with Gasteiger partial charge in [0.25, 0.3) is 5.56 Å². The number of thiazole rings is 1. The molecule has 3 N–H and O–H groups in total. The van der Waals surface area contributed by atoms with E-state index < -0.39 is 34.5 Å². The van der Waals surface area contributed by atoms with Crippen molar-refractivity contribution in [3.63, 3.8) is 0 Å². The maximum atomic E-state index is 13.5. The van der Waals surface area contributed by atoms with Crippen LogP contribution in [0.3, 0.4) is 0 Å². The molecule has 0 saturated carbocycles. The Kier molecular flexibility index (Phi) is 3.80. The Balaban J connectivity index is 2.14. The van der Waals surface area contributed by atoms with Crippen molar-refractivity contribution in [3.8, 4) is 0 Å². The summed E-state index contributed by atoms with van der Waals surface area (Å²) in [7, 11) is 0. The highest BCUT2D eigenvalue weighted by atomic mass is 32.1. The van der Waals surface area contributed by atoms with Crippen LogP contribution < -0.4 is 11.2 Å². The van der Waals surface area contributed by atoms with E-state index in [1.165, 1.54) is 6.07 Å². The highest BCUT2D eigenvalue weighted by Gasteiger charge is 2.57. The van der Waals surface area contributed by atoms with Crippen LogP contribution in [0.4, 0.5) is 13.2 Å². The van der Waals surface area contributed by atoms with E-state index in [0.29, 0.717) is 21.6 Å². The lowest BCUT2D eigenvalue weighted by Crippen LogP contribution is -2.45. The van der Waals surface area contributed by atoms with Crippen molar-refractivity contribution < 1.29 is 18.3 Å². The largest absolute Gasteiger partial charge is 0.424 e. The molecule has 6 nitrogen and oxygen atoms in total. The maximum absolute atomic E-state index is 13.5. The first kappa shape index (κ1) is 16.4. The Morgan fingerprint density at radius 1 is 1.17 bits per heavy atom. The third-order valence-corrected chi connectivity index (χ3v) is 4.57. The molecule has 0 unspecified atom stereocenters. The summed E-state index contributed by atoms with van der Waals surface area (Å²) in [4.78, 5) is 30.3. The SMILES string of the molecule is O=c1cc(C[C@](O)(c2nc3ccccc3s2)C(F)(F)F)[nH]c(=O)[nH]1. The van der Waals surface area contributed by atoms with Gasteiger partial charge < -0.3 is 10.1 Å². The smallest absolute Gasteiger partial charge is 0.374 e. The van der Waals surface area contributed by atoms with Gasteiger partial charge in [-0.2, -0.15) is 13.2 Å². The summed E-state index contributed by atoms with van der Waals surface area (Å²) in [5.41, 5.74) is -5.16. The molecule has 0 spiro atoms. The molecular weight excluding hydrogens is 347 g/mol. The summed E-state index contributed by atoms with van der Waals surface area (Å²) in [6.07, 6.45) is -6.09. The Morgan fingerprint density at radius 3 is 2.50 bits per heavy atom. The third-order valence-electron chi connectivity index (χ3n) is 3.38. The van der Waals surface area contributed by atoms with Crippen LogP contribution in [0.25, 0.3) is 10.2 Å². The molecule has 0 amide bonds. The van der Waals surface area contributed by atoms with Gasteiger partial charge in [-0.05, 0) is 12.1 Å². The van der Waals surface area contributed by atoms with Crippen molar-refractivity contribution in [1.29, 1.82) is 0 Å². The predicted octanol–water partition coefficient (Wildman–Crippen LogP) is 1.67. The van der Waals surface area contributed by atoms with E-state index in [9.17, 15) is 27.9 Å². The number of aliphatic hydroxyl groups is 1. The molecule has 0 aliphatic carbocycles. The summed E-state index contributed by atoms with van der Waals surface area (Å²) in [6.45, 7) is 0. The van der Waals surface area contributed by atoms with Gasteiger partial charge >= 0.3 is 11.9 Å². The van der Waals surface area contributed by atoms with Crippen molar-refractivity contribution >= 4 is 21.6 Å². The van der Waals surface area contributed by atoms with E-state index in [0.717, 1.165) is 6.07 Å².